The van der Waals surface area contributed by atoms with Crippen LogP contribution >= 0.6 is 11.6 Å². The van der Waals surface area contributed by atoms with Gasteiger partial charge in [-0.25, -0.2) is 4.68 Å². The van der Waals surface area contributed by atoms with Crippen LogP contribution < -0.4 is 0 Å². The van der Waals surface area contributed by atoms with Crippen LogP contribution in [0.5, 0.6) is 0 Å². The average Bonchev–Trinajstić information content (AvgIpc) is 2.73. The first-order chi connectivity index (χ1) is 8.27. The SMILES string of the molecule is CCCc1c(CCl)cnn1-c1ccccc1C. The lowest BCUT2D eigenvalue weighted by Crippen LogP contribution is -2.04. The van der Waals surface area contributed by atoms with E-state index in [9.17, 15) is 0 Å². The van der Waals surface area contributed by atoms with Crippen molar-refractivity contribution in [1.29, 1.82) is 0 Å². The van der Waals surface area contributed by atoms with Crippen molar-refractivity contribution in [2.24, 2.45) is 0 Å². The lowest BCUT2D eigenvalue weighted by molar-refractivity contribution is 0.768. The summed E-state index contributed by atoms with van der Waals surface area (Å²) in [4.78, 5) is 0. The number of hydrogen-bond donors (Lipinski definition) is 0. The fourth-order valence-electron chi connectivity index (χ4n) is 2.03. The molecule has 1 aromatic heterocycles. The molecule has 90 valence electrons. The van der Waals surface area contributed by atoms with Crippen LogP contribution in [-0.2, 0) is 12.3 Å². The summed E-state index contributed by atoms with van der Waals surface area (Å²) in [6.45, 7) is 4.28. The third-order valence-corrected chi connectivity index (χ3v) is 3.22. The Balaban J connectivity index is 2.52. The second-order valence-corrected chi connectivity index (χ2v) is 4.47. The van der Waals surface area contributed by atoms with E-state index < -0.39 is 0 Å². The number of para-hydroxylation sites is 1. The molecule has 0 aliphatic rings. The van der Waals surface area contributed by atoms with E-state index in [0.29, 0.717) is 5.88 Å². The molecule has 3 heteroatoms. The van der Waals surface area contributed by atoms with Gasteiger partial charge in [-0.15, -0.1) is 11.6 Å². The van der Waals surface area contributed by atoms with Crippen molar-refractivity contribution < 1.29 is 0 Å². The summed E-state index contributed by atoms with van der Waals surface area (Å²) < 4.78 is 2.02. The number of alkyl halides is 1. The van der Waals surface area contributed by atoms with Gasteiger partial charge >= 0.3 is 0 Å². The number of aromatic nitrogens is 2. The number of hydrogen-bond acceptors (Lipinski definition) is 1. The highest BCUT2D eigenvalue weighted by atomic mass is 35.5. The molecule has 2 aromatic rings. The molecule has 0 atom stereocenters. The van der Waals surface area contributed by atoms with E-state index in [2.05, 4.69) is 31.1 Å². The van der Waals surface area contributed by atoms with Crippen LogP contribution in [0.1, 0.15) is 30.2 Å². The molecular weight excluding hydrogens is 232 g/mol. The minimum Gasteiger partial charge on any atom is -0.237 e. The van der Waals surface area contributed by atoms with E-state index >= 15 is 0 Å². The maximum Gasteiger partial charge on any atom is 0.0678 e. The lowest BCUT2D eigenvalue weighted by atomic mass is 10.1. The molecule has 0 saturated carbocycles. The molecule has 0 fully saturated rings. The van der Waals surface area contributed by atoms with Gasteiger partial charge in [0.1, 0.15) is 0 Å². The molecule has 1 heterocycles. The first kappa shape index (κ1) is 12.2. The van der Waals surface area contributed by atoms with Gasteiger partial charge in [0.2, 0.25) is 0 Å². The second kappa shape index (κ2) is 5.37. The second-order valence-electron chi connectivity index (χ2n) is 4.20. The minimum atomic E-state index is 0.529. The van der Waals surface area contributed by atoms with Gasteiger partial charge < -0.3 is 0 Å². The highest BCUT2D eigenvalue weighted by molar-refractivity contribution is 6.17. The first-order valence-corrected chi connectivity index (χ1v) is 6.49. The largest absolute Gasteiger partial charge is 0.237 e. The predicted molar refractivity (Wildman–Crippen MR) is 71.9 cm³/mol. The van der Waals surface area contributed by atoms with Crippen molar-refractivity contribution in [3.8, 4) is 5.69 Å². The van der Waals surface area contributed by atoms with Crippen molar-refractivity contribution in [1.82, 2.24) is 9.78 Å². The Bertz CT molecular complexity index is 503. The van der Waals surface area contributed by atoms with E-state index in [0.717, 1.165) is 24.1 Å². The summed E-state index contributed by atoms with van der Waals surface area (Å²) in [5, 5.41) is 4.47. The molecule has 2 rings (SSSR count). The number of aryl methyl sites for hydroxylation is 1. The highest BCUT2D eigenvalue weighted by Crippen LogP contribution is 2.20. The Hall–Kier alpha value is -1.28. The zero-order valence-electron chi connectivity index (χ0n) is 10.3. The van der Waals surface area contributed by atoms with Crippen LogP contribution in [0, 0.1) is 6.92 Å². The van der Waals surface area contributed by atoms with Crippen LogP contribution in [0.4, 0.5) is 0 Å². The Morgan fingerprint density at radius 3 is 2.71 bits per heavy atom. The Labute approximate surface area is 107 Å². The van der Waals surface area contributed by atoms with E-state index in [1.165, 1.54) is 11.3 Å². The van der Waals surface area contributed by atoms with Crippen molar-refractivity contribution in [2.45, 2.75) is 32.6 Å². The van der Waals surface area contributed by atoms with Gasteiger partial charge in [-0.05, 0) is 25.0 Å². The van der Waals surface area contributed by atoms with E-state index in [-0.39, 0.29) is 0 Å². The van der Waals surface area contributed by atoms with E-state index in [1.54, 1.807) is 0 Å². The summed E-state index contributed by atoms with van der Waals surface area (Å²) in [5.74, 6) is 0.529. The van der Waals surface area contributed by atoms with Crippen LogP contribution in [0.2, 0.25) is 0 Å². The summed E-state index contributed by atoms with van der Waals surface area (Å²) in [6.07, 6.45) is 3.99. The smallest absolute Gasteiger partial charge is 0.0678 e. The van der Waals surface area contributed by atoms with Gasteiger partial charge in [-0.3, -0.25) is 0 Å². The number of rotatable bonds is 4. The molecule has 0 spiro atoms. The van der Waals surface area contributed by atoms with Gasteiger partial charge in [-0.2, -0.15) is 5.10 Å². The van der Waals surface area contributed by atoms with E-state index in [1.807, 2.05) is 23.0 Å². The van der Waals surface area contributed by atoms with Crippen LogP contribution in [0.25, 0.3) is 5.69 Å². The normalized spacial score (nSPS) is 10.8. The Morgan fingerprint density at radius 1 is 1.29 bits per heavy atom. The summed E-state index contributed by atoms with van der Waals surface area (Å²) >= 11 is 5.96. The topological polar surface area (TPSA) is 17.8 Å². The highest BCUT2D eigenvalue weighted by Gasteiger charge is 2.11. The standard InChI is InChI=1S/C14H17ClN2/c1-3-6-14-12(9-15)10-16-17(14)13-8-5-4-7-11(13)2/h4-5,7-8,10H,3,6,9H2,1-2H3. The molecular formula is C14H17ClN2. The van der Waals surface area contributed by atoms with Gasteiger partial charge in [0.25, 0.3) is 0 Å². The number of nitrogens with zero attached hydrogens (tertiary/aromatic N) is 2. The van der Waals surface area contributed by atoms with Crippen LogP contribution in [0.3, 0.4) is 0 Å². The lowest BCUT2D eigenvalue weighted by Gasteiger charge is -2.10. The van der Waals surface area contributed by atoms with Crippen molar-refractivity contribution in [2.75, 3.05) is 0 Å². The third-order valence-electron chi connectivity index (χ3n) is 2.93. The molecule has 0 saturated heterocycles. The Kier molecular flexibility index (Phi) is 3.85. The molecule has 0 N–H and O–H groups in total. The molecule has 2 nitrogen and oxygen atoms in total. The van der Waals surface area contributed by atoms with Gasteiger partial charge in [-0.1, -0.05) is 31.5 Å². The number of benzene rings is 1. The molecule has 17 heavy (non-hydrogen) atoms. The van der Waals surface area contributed by atoms with Crippen molar-refractivity contribution >= 4 is 11.6 Å². The molecule has 0 unspecified atom stereocenters. The molecule has 1 aromatic carbocycles. The van der Waals surface area contributed by atoms with E-state index in [4.69, 9.17) is 11.6 Å². The van der Waals surface area contributed by atoms with Crippen LogP contribution in [-0.4, -0.2) is 9.78 Å². The maximum atomic E-state index is 5.96. The van der Waals surface area contributed by atoms with Gasteiger partial charge in [0.15, 0.2) is 0 Å². The van der Waals surface area contributed by atoms with Crippen molar-refractivity contribution in [3.63, 3.8) is 0 Å². The molecule has 0 aliphatic heterocycles. The molecule has 0 amide bonds. The first-order valence-electron chi connectivity index (χ1n) is 5.95. The number of halogens is 1. The zero-order chi connectivity index (χ0) is 12.3. The fourth-order valence-corrected chi connectivity index (χ4v) is 2.25. The molecule has 0 radical (unpaired) electrons. The zero-order valence-corrected chi connectivity index (χ0v) is 11.0. The molecule has 0 bridgehead atoms. The quantitative estimate of drug-likeness (QED) is 0.751. The predicted octanol–water partition coefficient (Wildman–Crippen LogP) is 3.87. The average molecular weight is 249 g/mol. The summed E-state index contributed by atoms with van der Waals surface area (Å²) in [5.41, 5.74) is 4.75. The maximum absolute atomic E-state index is 5.96. The third kappa shape index (κ3) is 2.37. The van der Waals surface area contributed by atoms with Gasteiger partial charge in [0, 0.05) is 11.3 Å². The monoisotopic (exact) mass is 248 g/mol. The van der Waals surface area contributed by atoms with Gasteiger partial charge in [0.05, 0.1) is 17.8 Å². The fraction of sp³-hybridized carbons (Fsp3) is 0.357. The Morgan fingerprint density at radius 2 is 2.06 bits per heavy atom. The minimum absolute atomic E-state index is 0.529. The summed E-state index contributed by atoms with van der Waals surface area (Å²) in [7, 11) is 0. The van der Waals surface area contributed by atoms with Crippen molar-refractivity contribution in [3.05, 3.63) is 47.3 Å². The molecule has 0 aliphatic carbocycles. The summed E-state index contributed by atoms with van der Waals surface area (Å²) in [6, 6.07) is 8.29. The van der Waals surface area contributed by atoms with Crippen LogP contribution in [0.15, 0.2) is 30.5 Å².